The Hall–Kier alpha value is -0.810. The van der Waals surface area contributed by atoms with Crippen LogP contribution in [0.2, 0.25) is 0 Å². The highest BCUT2D eigenvalue weighted by molar-refractivity contribution is 5.73. The predicted octanol–water partition coefficient (Wildman–Crippen LogP) is -2.00. The van der Waals surface area contributed by atoms with Gasteiger partial charge in [-0.25, -0.2) is 0 Å². The second-order valence-electron chi connectivity index (χ2n) is 5.11. The van der Waals surface area contributed by atoms with Crippen LogP contribution in [0.3, 0.4) is 0 Å². The van der Waals surface area contributed by atoms with Gasteiger partial charge < -0.3 is 39.6 Å². The lowest BCUT2D eigenvalue weighted by molar-refractivity contribution is -0.272. The van der Waals surface area contributed by atoms with Crippen LogP contribution in [0.1, 0.15) is 13.8 Å². The lowest BCUT2D eigenvalue weighted by Crippen LogP contribution is -2.64. The van der Waals surface area contributed by atoms with Crippen molar-refractivity contribution < 1.29 is 39.1 Å². The van der Waals surface area contributed by atoms with E-state index >= 15 is 0 Å². The summed E-state index contributed by atoms with van der Waals surface area (Å²) < 4.78 is 21.3. The molecule has 1 heterocycles. The number of carbonyl (C=O) groups excluding carboxylic acids is 1. The average Bonchev–Trinajstić information content (AvgIpc) is 2.52. The van der Waals surface area contributed by atoms with Gasteiger partial charge >= 0.3 is 0 Å². The van der Waals surface area contributed by atoms with Crippen molar-refractivity contribution in [1.29, 1.82) is 0 Å². The van der Waals surface area contributed by atoms with Gasteiger partial charge in [-0.3, -0.25) is 4.79 Å². The maximum atomic E-state index is 11.2. The molecular formula is C14H27NO8. The van der Waals surface area contributed by atoms with Crippen molar-refractivity contribution in [2.24, 2.45) is 0 Å². The van der Waals surface area contributed by atoms with E-state index < -0.39 is 43.2 Å². The quantitative estimate of drug-likeness (QED) is 0.337. The van der Waals surface area contributed by atoms with Gasteiger partial charge in [-0.05, 0) is 6.92 Å². The molecule has 0 radical (unpaired) electrons. The van der Waals surface area contributed by atoms with E-state index in [-0.39, 0.29) is 13.2 Å². The minimum atomic E-state index is -1.32. The van der Waals surface area contributed by atoms with Crippen molar-refractivity contribution in [3.8, 4) is 0 Å². The van der Waals surface area contributed by atoms with E-state index in [9.17, 15) is 20.1 Å². The molecule has 4 N–H and O–H groups in total. The zero-order valence-electron chi connectivity index (χ0n) is 13.5. The zero-order valence-corrected chi connectivity index (χ0v) is 13.5. The summed E-state index contributed by atoms with van der Waals surface area (Å²) in [6.07, 6.45) is -4.61. The Morgan fingerprint density at radius 1 is 1.13 bits per heavy atom. The molecule has 1 fully saturated rings. The van der Waals surface area contributed by atoms with E-state index in [1.165, 1.54) is 6.92 Å². The molecule has 9 heteroatoms. The predicted molar refractivity (Wildman–Crippen MR) is 78.6 cm³/mol. The second kappa shape index (κ2) is 10.9. The zero-order chi connectivity index (χ0) is 17.2. The van der Waals surface area contributed by atoms with Crippen molar-refractivity contribution in [3.05, 3.63) is 0 Å². The average molecular weight is 337 g/mol. The first-order valence-corrected chi connectivity index (χ1v) is 7.67. The van der Waals surface area contributed by atoms with Crippen LogP contribution in [0.25, 0.3) is 0 Å². The van der Waals surface area contributed by atoms with Crippen LogP contribution in [0.4, 0.5) is 0 Å². The van der Waals surface area contributed by atoms with Gasteiger partial charge in [-0.15, -0.1) is 0 Å². The molecule has 5 atom stereocenters. The molecule has 0 aromatic carbocycles. The monoisotopic (exact) mass is 337 g/mol. The van der Waals surface area contributed by atoms with E-state index in [2.05, 4.69) is 5.32 Å². The van der Waals surface area contributed by atoms with E-state index in [0.29, 0.717) is 19.8 Å². The summed E-state index contributed by atoms with van der Waals surface area (Å²) in [5.74, 6) is -0.395. The number of carbonyl (C=O) groups is 1. The fraction of sp³-hybridized carbons (Fsp3) is 0.929. The normalized spacial score (nSPS) is 31.1. The van der Waals surface area contributed by atoms with Crippen LogP contribution in [0.15, 0.2) is 0 Å². The molecule has 0 aromatic rings. The summed E-state index contributed by atoms with van der Waals surface area (Å²) in [5.41, 5.74) is 0. The van der Waals surface area contributed by atoms with E-state index in [1.54, 1.807) is 0 Å². The Balaban J connectivity index is 2.45. The SMILES string of the molecule is CCOCCOCCOC1O[C@H](CO)[C@H](O)[C@H](O)[C@H]1NC(C)=O. The molecule has 1 saturated heterocycles. The third-order valence-electron chi connectivity index (χ3n) is 3.34. The Bertz CT molecular complexity index is 343. The Morgan fingerprint density at radius 2 is 1.78 bits per heavy atom. The maximum absolute atomic E-state index is 11.2. The number of aliphatic hydroxyl groups excluding tert-OH is 3. The van der Waals surface area contributed by atoms with Gasteiger partial charge in [0.05, 0.1) is 33.0 Å². The molecule has 0 bridgehead atoms. The standard InChI is InChI=1S/C14H27NO8/c1-3-20-4-5-21-6-7-22-14-11(15-9(2)17)13(19)12(18)10(8-16)23-14/h10-14,16,18-19H,3-8H2,1-2H3,(H,15,17)/t10-,11-,12+,13-,14?/m1/s1. The highest BCUT2D eigenvalue weighted by atomic mass is 16.7. The molecule has 23 heavy (non-hydrogen) atoms. The smallest absolute Gasteiger partial charge is 0.217 e. The molecule has 0 aromatic heterocycles. The molecule has 1 aliphatic rings. The fourth-order valence-corrected chi connectivity index (χ4v) is 2.20. The molecule has 1 rings (SSSR count). The summed E-state index contributed by atoms with van der Waals surface area (Å²) in [5, 5.41) is 31.6. The van der Waals surface area contributed by atoms with Crippen molar-refractivity contribution in [3.63, 3.8) is 0 Å². The summed E-state index contributed by atoms with van der Waals surface area (Å²) in [6, 6.07) is -0.936. The molecule has 1 amide bonds. The van der Waals surface area contributed by atoms with Crippen molar-refractivity contribution in [2.75, 3.05) is 39.6 Å². The van der Waals surface area contributed by atoms with Gasteiger partial charge in [0.25, 0.3) is 0 Å². The van der Waals surface area contributed by atoms with Crippen LogP contribution < -0.4 is 5.32 Å². The van der Waals surface area contributed by atoms with Gasteiger partial charge in [0.15, 0.2) is 6.29 Å². The third-order valence-corrected chi connectivity index (χ3v) is 3.34. The first kappa shape index (κ1) is 20.2. The van der Waals surface area contributed by atoms with Gasteiger partial charge in [-0.1, -0.05) is 0 Å². The summed E-state index contributed by atoms with van der Waals surface area (Å²) in [4.78, 5) is 11.2. The minimum Gasteiger partial charge on any atom is -0.394 e. The molecule has 0 saturated carbocycles. The summed E-state index contributed by atoms with van der Waals surface area (Å²) in [7, 11) is 0. The first-order chi connectivity index (χ1) is 11.0. The van der Waals surface area contributed by atoms with E-state index in [0.717, 1.165) is 0 Å². The van der Waals surface area contributed by atoms with Crippen LogP contribution in [-0.2, 0) is 23.7 Å². The molecular weight excluding hydrogens is 310 g/mol. The maximum Gasteiger partial charge on any atom is 0.217 e. The number of ether oxygens (including phenoxy) is 4. The number of aliphatic hydroxyl groups is 3. The van der Waals surface area contributed by atoms with Crippen molar-refractivity contribution >= 4 is 5.91 Å². The molecule has 136 valence electrons. The van der Waals surface area contributed by atoms with Gasteiger partial charge in [0, 0.05) is 13.5 Å². The van der Waals surface area contributed by atoms with Crippen LogP contribution in [-0.4, -0.2) is 91.5 Å². The lowest BCUT2D eigenvalue weighted by Gasteiger charge is -2.42. The van der Waals surface area contributed by atoms with Gasteiger partial charge in [0.2, 0.25) is 5.91 Å². The number of rotatable bonds is 10. The highest BCUT2D eigenvalue weighted by Crippen LogP contribution is 2.22. The van der Waals surface area contributed by atoms with Crippen LogP contribution in [0, 0.1) is 0 Å². The van der Waals surface area contributed by atoms with Crippen LogP contribution >= 0.6 is 0 Å². The lowest BCUT2D eigenvalue weighted by atomic mass is 9.97. The number of hydrogen-bond acceptors (Lipinski definition) is 8. The van der Waals surface area contributed by atoms with Gasteiger partial charge in [-0.2, -0.15) is 0 Å². The Kier molecular flexibility index (Phi) is 9.56. The first-order valence-electron chi connectivity index (χ1n) is 7.67. The largest absolute Gasteiger partial charge is 0.394 e. The fourth-order valence-electron chi connectivity index (χ4n) is 2.20. The van der Waals surface area contributed by atoms with E-state index in [4.69, 9.17) is 18.9 Å². The van der Waals surface area contributed by atoms with E-state index in [1.807, 2.05) is 6.92 Å². The molecule has 9 nitrogen and oxygen atoms in total. The summed E-state index contributed by atoms with van der Waals surface area (Å²) >= 11 is 0. The second-order valence-corrected chi connectivity index (χ2v) is 5.11. The molecule has 1 aliphatic heterocycles. The summed E-state index contributed by atoms with van der Waals surface area (Å²) in [6.45, 7) is 4.68. The number of amides is 1. The topological polar surface area (TPSA) is 127 Å². The Labute approximate surface area is 135 Å². The van der Waals surface area contributed by atoms with Crippen molar-refractivity contribution in [1.82, 2.24) is 5.32 Å². The number of hydrogen-bond donors (Lipinski definition) is 4. The van der Waals surface area contributed by atoms with Crippen molar-refractivity contribution in [2.45, 2.75) is 44.5 Å². The Morgan fingerprint density at radius 3 is 2.39 bits per heavy atom. The minimum absolute atomic E-state index is 0.161. The molecule has 0 spiro atoms. The van der Waals surface area contributed by atoms with Gasteiger partial charge in [0.1, 0.15) is 24.4 Å². The van der Waals surface area contributed by atoms with Crippen LogP contribution in [0.5, 0.6) is 0 Å². The third kappa shape index (κ3) is 6.68. The molecule has 0 aliphatic carbocycles. The molecule has 1 unspecified atom stereocenters. The highest BCUT2D eigenvalue weighted by Gasteiger charge is 2.45. The number of nitrogens with one attached hydrogen (secondary N) is 1.